The van der Waals surface area contributed by atoms with E-state index in [1.165, 1.54) is 32.9 Å². The molecule has 3 rings (SSSR count). The molecule has 2 aromatic rings. The van der Waals surface area contributed by atoms with Gasteiger partial charge in [-0.15, -0.1) is 0 Å². The second-order valence-electron chi connectivity index (χ2n) is 7.47. The van der Waals surface area contributed by atoms with Crippen molar-refractivity contribution in [2.75, 3.05) is 52.4 Å². The Kier molecular flexibility index (Phi) is 8.29. The molecule has 8 nitrogen and oxygen atoms in total. The van der Waals surface area contributed by atoms with Crippen LogP contribution in [-0.4, -0.2) is 82.8 Å². The summed E-state index contributed by atoms with van der Waals surface area (Å²) in [5, 5.41) is 0. The van der Waals surface area contributed by atoms with Gasteiger partial charge in [0.25, 0.3) is 0 Å². The fraction of sp³-hybridized carbons (Fsp3) is 0.455. The third-order valence-corrected chi connectivity index (χ3v) is 9.53. The summed E-state index contributed by atoms with van der Waals surface area (Å²) in [4.78, 5) is 2.38. The standard InChI is InChI=1S/C22H31N3O5S2/c1-3-24(4-2)31(26,27)21-10-12-22(13-11-21)32(28,29)25-16-14-23(15-17-25)18-19-30-20-8-6-5-7-9-20/h5-13H,3-4,14-19H2,1-2H3. The Balaban J connectivity index is 1.57. The number of piperazine rings is 1. The third kappa shape index (κ3) is 5.68. The predicted octanol–water partition coefficient (Wildman–Crippen LogP) is 2.10. The van der Waals surface area contributed by atoms with Crippen LogP contribution in [0.3, 0.4) is 0 Å². The molecule has 0 aliphatic carbocycles. The summed E-state index contributed by atoms with van der Waals surface area (Å²) in [6.45, 7) is 7.53. The maximum Gasteiger partial charge on any atom is 0.243 e. The summed E-state index contributed by atoms with van der Waals surface area (Å²) in [6.07, 6.45) is 0. The highest BCUT2D eigenvalue weighted by atomic mass is 32.2. The summed E-state index contributed by atoms with van der Waals surface area (Å²) in [7, 11) is -7.29. The maximum absolute atomic E-state index is 13.0. The number of benzene rings is 2. The Labute approximate surface area is 191 Å². The minimum atomic E-state index is -3.68. The highest BCUT2D eigenvalue weighted by Gasteiger charge is 2.29. The topological polar surface area (TPSA) is 87.2 Å². The van der Waals surface area contributed by atoms with Crippen molar-refractivity contribution in [3.63, 3.8) is 0 Å². The quantitative estimate of drug-likeness (QED) is 0.517. The zero-order valence-electron chi connectivity index (χ0n) is 18.6. The lowest BCUT2D eigenvalue weighted by atomic mass is 10.3. The van der Waals surface area contributed by atoms with Gasteiger partial charge in [0.15, 0.2) is 0 Å². The Morgan fingerprint density at radius 3 is 1.94 bits per heavy atom. The summed E-state index contributed by atoms with van der Waals surface area (Å²) in [6, 6.07) is 15.1. The zero-order valence-corrected chi connectivity index (χ0v) is 20.2. The van der Waals surface area contributed by atoms with Crippen molar-refractivity contribution in [1.29, 1.82) is 0 Å². The second-order valence-corrected chi connectivity index (χ2v) is 11.3. The van der Waals surface area contributed by atoms with Crippen molar-refractivity contribution in [2.24, 2.45) is 0 Å². The van der Waals surface area contributed by atoms with E-state index in [4.69, 9.17) is 4.74 Å². The van der Waals surface area contributed by atoms with Gasteiger partial charge in [-0.3, -0.25) is 4.90 Å². The van der Waals surface area contributed by atoms with Crippen molar-refractivity contribution in [2.45, 2.75) is 23.6 Å². The van der Waals surface area contributed by atoms with Crippen LogP contribution < -0.4 is 4.74 Å². The summed E-state index contributed by atoms with van der Waals surface area (Å²) in [5.41, 5.74) is 0. The molecule has 1 heterocycles. The molecule has 1 fully saturated rings. The fourth-order valence-electron chi connectivity index (χ4n) is 3.65. The van der Waals surface area contributed by atoms with E-state index in [2.05, 4.69) is 4.90 Å². The van der Waals surface area contributed by atoms with E-state index < -0.39 is 20.0 Å². The number of nitrogens with zero attached hydrogens (tertiary/aromatic N) is 3. The maximum atomic E-state index is 13.0. The molecule has 0 radical (unpaired) electrons. The molecular weight excluding hydrogens is 450 g/mol. The minimum absolute atomic E-state index is 0.100. The smallest absolute Gasteiger partial charge is 0.243 e. The molecule has 0 spiro atoms. The Bertz CT molecular complexity index is 1060. The molecule has 1 aliphatic rings. The largest absolute Gasteiger partial charge is 0.492 e. The predicted molar refractivity (Wildman–Crippen MR) is 124 cm³/mol. The van der Waals surface area contributed by atoms with Crippen LogP contribution in [-0.2, 0) is 20.0 Å². The van der Waals surface area contributed by atoms with Gasteiger partial charge in [0.2, 0.25) is 20.0 Å². The van der Waals surface area contributed by atoms with E-state index >= 15 is 0 Å². The number of rotatable bonds is 10. The summed E-state index contributed by atoms with van der Waals surface area (Å²) in [5.74, 6) is 0.820. The summed E-state index contributed by atoms with van der Waals surface area (Å²) >= 11 is 0. The number of hydrogen-bond donors (Lipinski definition) is 0. The molecule has 176 valence electrons. The molecule has 0 aromatic heterocycles. The van der Waals surface area contributed by atoms with Crippen molar-refractivity contribution < 1.29 is 21.6 Å². The molecule has 2 aromatic carbocycles. The van der Waals surface area contributed by atoms with Gasteiger partial charge in [0, 0.05) is 45.8 Å². The van der Waals surface area contributed by atoms with Gasteiger partial charge in [-0.05, 0) is 36.4 Å². The number of sulfonamides is 2. The lowest BCUT2D eigenvalue weighted by molar-refractivity contribution is 0.159. The van der Waals surface area contributed by atoms with E-state index in [1.807, 2.05) is 30.3 Å². The average Bonchev–Trinajstić information content (AvgIpc) is 2.81. The van der Waals surface area contributed by atoms with Crippen LogP contribution in [0, 0.1) is 0 Å². The van der Waals surface area contributed by atoms with Crippen LogP contribution >= 0.6 is 0 Å². The van der Waals surface area contributed by atoms with Crippen LogP contribution in [0.1, 0.15) is 13.8 Å². The second kappa shape index (κ2) is 10.8. The van der Waals surface area contributed by atoms with Crippen LogP contribution in [0.5, 0.6) is 5.75 Å². The van der Waals surface area contributed by atoms with Gasteiger partial charge in [-0.1, -0.05) is 32.0 Å². The van der Waals surface area contributed by atoms with Gasteiger partial charge in [0.05, 0.1) is 9.79 Å². The van der Waals surface area contributed by atoms with Crippen LogP contribution in [0.15, 0.2) is 64.4 Å². The van der Waals surface area contributed by atoms with E-state index in [0.717, 1.165) is 12.3 Å². The van der Waals surface area contributed by atoms with E-state index in [0.29, 0.717) is 45.9 Å². The van der Waals surface area contributed by atoms with E-state index in [-0.39, 0.29) is 9.79 Å². The average molecular weight is 482 g/mol. The van der Waals surface area contributed by atoms with Crippen LogP contribution in [0.25, 0.3) is 0 Å². The highest BCUT2D eigenvalue weighted by molar-refractivity contribution is 7.89. The van der Waals surface area contributed by atoms with Gasteiger partial charge in [-0.2, -0.15) is 8.61 Å². The molecule has 32 heavy (non-hydrogen) atoms. The highest BCUT2D eigenvalue weighted by Crippen LogP contribution is 2.22. The monoisotopic (exact) mass is 481 g/mol. The first-order chi connectivity index (χ1) is 15.3. The van der Waals surface area contributed by atoms with E-state index in [1.54, 1.807) is 13.8 Å². The molecule has 0 bridgehead atoms. The Morgan fingerprint density at radius 1 is 0.812 bits per heavy atom. The van der Waals surface area contributed by atoms with Crippen molar-refractivity contribution in [3.8, 4) is 5.75 Å². The normalized spacial score (nSPS) is 16.3. The molecule has 0 unspecified atom stereocenters. The number of para-hydroxylation sites is 1. The van der Waals surface area contributed by atoms with Crippen molar-refractivity contribution in [3.05, 3.63) is 54.6 Å². The SMILES string of the molecule is CCN(CC)S(=O)(=O)c1ccc(S(=O)(=O)N2CCN(CCOc3ccccc3)CC2)cc1. The van der Waals surface area contributed by atoms with Crippen LogP contribution in [0.4, 0.5) is 0 Å². The lowest BCUT2D eigenvalue weighted by Gasteiger charge is -2.33. The molecule has 1 saturated heterocycles. The zero-order chi connectivity index (χ0) is 23.2. The first kappa shape index (κ1) is 24.7. The van der Waals surface area contributed by atoms with Gasteiger partial charge >= 0.3 is 0 Å². The van der Waals surface area contributed by atoms with Gasteiger partial charge in [0.1, 0.15) is 12.4 Å². The molecule has 10 heteroatoms. The first-order valence-electron chi connectivity index (χ1n) is 10.8. The molecule has 0 amide bonds. The van der Waals surface area contributed by atoms with Crippen molar-refractivity contribution in [1.82, 2.24) is 13.5 Å². The molecule has 1 aliphatic heterocycles. The minimum Gasteiger partial charge on any atom is -0.492 e. The molecule has 0 N–H and O–H groups in total. The Morgan fingerprint density at radius 2 is 1.38 bits per heavy atom. The van der Waals surface area contributed by atoms with Crippen LogP contribution in [0.2, 0.25) is 0 Å². The first-order valence-corrected chi connectivity index (χ1v) is 13.7. The Hall–Kier alpha value is -1.98. The fourth-order valence-corrected chi connectivity index (χ4v) is 6.53. The molecule has 0 saturated carbocycles. The van der Waals surface area contributed by atoms with Gasteiger partial charge in [-0.25, -0.2) is 16.8 Å². The van der Waals surface area contributed by atoms with Gasteiger partial charge < -0.3 is 4.74 Å². The number of ether oxygens (including phenoxy) is 1. The van der Waals surface area contributed by atoms with Crippen molar-refractivity contribution >= 4 is 20.0 Å². The third-order valence-electron chi connectivity index (χ3n) is 5.56. The molecular formula is C22H31N3O5S2. The lowest BCUT2D eigenvalue weighted by Crippen LogP contribution is -2.49. The summed E-state index contributed by atoms with van der Waals surface area (Å²) < 4.78 is 59.8. The van der Waals surface area contributed by atoms with E-state index in [9.17, 15) is 16.8 Å². The number of hydrogen-bond acceptors (Lipinski definition) is 6. The molecule has 0 atom stereocenters.